The number of hydrogen-bond acceptors (Lipinski definition) is 5. The summed E-state index contributed by atoms with van der Waals surface area (Å²) in [6.45, 7) is 7.36. The highest BCUT2D eigenvalue weighted by Gasteiger charge is 2.30. The zero-order chi connectivity index (χ0) is 15.2. The van der Waals surface area contributed by atoms with Crippen LogP contribution in [-0.2, 0) is 23.8 Å². The Morgan fingerprint density at radius 1 is 1.20 bits per heavy atom. The van der Waals surface area contributed by atoms with E-state index in [2.05, 4.69) is 13.5 Å². The summed E-state index contributed by atoms with van der Waals surface area (Å²) in [6.07, 6.45) is 3.58. The molecule has 20 heavy (non-hydrogen) atoms. The van der Waals surface area contributed by atoms with E-state index < -0.39 is 16.1 Å². The van der Waals surface area contributed by atoms with E-state index in [9.17, 15) is 13.2 Å². The highest BCUT2D eigenvalue weighted by atomic mass is 32.2. The quantitative estimate of drug-likeness (QED) is 0.313. The van der Waals surface area contributed by atoms with Gasteiger partial charge in [0.15, 0.2) is 0 Å². The summed E-state index contributed by atoms with van der Waals surface area (Å²) in [5.74, 6) is 0.136. The minimum Gasteiger partial charge on any atom is -0.462 e. The van der Waals surface area contributed by atoms with E-state index in [-0.39, 0.29) is 18.5 Å². The molecular weight excluding hydrogens is 280 g/mol. The van der Waals surface area contributed by atoms with Crippen molar-refractivity contribution in [1.29, 1.82) is 0 Å². The molecule has 1 aliphatic rings. The van der Waals surface area contributed by atoms with Crippen molar-refractivity contribution < 1.29 is 22.1 Å². The van der Waals surface area contributed by atoms with Crippen LogP contribution in [0.3, 0.4) is 0 Å². The van der Waals surface area contributed by atoms with Crippen LogP contribution in [0.25, 0.3) is 0 Å². The average Bonchev–Trinajstić information content (AvgIpc) is 2.38. The van der Waals surface area contributed by atoms with E-state index in [1.165, 1.54) is 0 Å². The Morgan fingerprint density at radius 3 is 2.35 bits per heavy atom. The van der Waals surface area contributed by atoms with Crippen LogP contribution in [0, 0.1) is 5.92 Å². The van der Waals surface area contributed by atoms with Crippen molar-refractivity contribution in [1.82, 2.24) is 0 Å². The molecular formula is C14H24O5S. The molecule has 6 heteroatoms. The van der Waals surface area contributed by atoms with Crippen molar-refractivity contribution >= 4 is 16.1 Å². The fourth-order valence-electron chi connectivity index (χ4n) is 2.14. The maximum Gasteiger partial charge on any atom is 0.333 e. The molecule has 0 spiro atoms. The Labute approximate surface area is 121 Å². The molecule has 0 bridgehead atoms. The summed E-state index contributed by atoms with van der Waals surface area (Å²) in [5.41, 5.74) is 0.329. The molecule has 1 rings (SSSR count). The van der Waals surface area contributed by atoms with Crippen molar-refractivity contribution in [3.8, 4) is 0 Å². The molecule has 0 aromatic heterocycles. The maximum atomic E-state index is 12.0. The van der Waals surface area contributed by atoms with Gasteiger partial charge >= 0.3 is 5.97 Å². The fourth-order valence-corrected chi connectivity index (χ4v) is 3.53. The third-order valence-corrected chi connectivity index (χ3v) is 5.27. The highest BCUT2D eigenvalue weighted by Crippen LogP contribution is 2.28. The molecule has 0 N–H and O–H groups in total. The van der Waals surface area contributed by atoms with Crippen LogP contribution in [0.2, 0.25) is 0 Å². The number of ether oxygens (including phenoxy) is 1. The summed E-state index contributed by atoms with van der Waals surface area (Å²) < 4.78 is 33.8. The van der Waals surface area contributed by atoms with Crippen molar-refractivity contribution in [2.45, 2.75) is 51.2 Å². The standard InChI is InChI=1S/C14H24O5S/c1-11(2)14(15)18-9-4-10-19-20(16,17)13-7-5-12(3)6-8-13/h12-13H,1,4-10H2,2-3H3. The first-order valence-electron chi connectivity index (χ1n) is 7.04. The molecule has 1 fully saturated rings. The molecule has 116 valence electrons. The van der Waals surface area contributed by atoms with Gasteiger partial charge in [-0.15, -0.1) is 0 Å². The van der Waals surface area contributed by atoms with Gasteiger partial charge in [-0.25, -0.2) is 4.79 Å². The predicted molar refractivity (Wildman–Crippen MR) is 76.7 cm³/mol. The largest absolute Gasteiger partial charge is 0.462 e. The van der Waals surface area contributed by atoms with E-state index in [0.717, 1.165) is 12.8 Å². The second-order valence-corrected chi connectivity index (χ2v) is 7.35. The van der Waals surface area contributed by atoms with E-state index in [4.69, 9.17) is 8.92 Å². The van der Waals surface area contributed by atoms with Gasteiger partial charge in [0.2, 0.25) is 0 Å². The number of rotatable bonds is 7. The molecule has 0 saturated heterocycles. The molecule has 0 aliphatic heterocycles. The summed E-state index contributed by atoms with van der Waals surface area (Å²) >= 11 is 0. The topological polar surface area (TPSA) is 69.7 Å². The Hall–Kier alpha value is -0.880. The van der Waals surface area contributed by atoms with Gasteiger partial charge in [-0.05, 0) is 38.5 Å². The van der Waals surface area contributed by atoms with E-state index in [1.807, 2.05) is 0 Å². The van der Waals surface area contributed by atoms with Gasteiger partial charge in [-0.3, -0.25) is 4.18 Å². The number of esters is 1. The smallest absolute Gasteiger partial charge is 0.333 e. The molecule has 0 atom stereocenters. The molecule has 0 aromatic rings. The number of carbonyl (C=O) groups excluding carboxylic acids is 1. The predicted octanol–water partition coefficient (Wildman–Crippen LogP) is 2.42. The van der Waals surface area contributed by atoms with Gasteiger partial charge in [0.05, 0.1) is 18.5 Å². The summed E-state index contributed by atoms with van der Waals surface area (Å²) in [6, 6.07) is 0. The van der Waals surface area contributed by atoms with Crippen LogP contribution in [0.5, 0.6) is 0 Å². The zero-order valence-corrected chi connectivity index (χ0v) is 13.1. The molecule has 0 aromatic carbocycles. The third-order valence-electron chi connectivity index (χ3n) is 3.49. The van der Waals surface area contributed by atoms with E-state index in [0.29, 0.717) is 30.8 Å². The summed E-state index contributed by atoms with van der Waals surface area (Å²) in [5, 5.41) is -0.378. The Balaban J connectivity index is 2.23. The first-order chi connectivity index (χ1) is 9.33. The Kier molecular flexibility index (Phi) is 6.68. The van der Waals surface area contributed by atoms with Crippen LogP contribution in [-0.4, -0.2) is 32.9 Å². The van der Waals surface area contributed by atoms with Gasteiger partial charge < -0.3 is 4.74 Å². The van der Waals surface area contributed by atoms with Crippen molar-refractivity contribution in [3.63, 3.8) is 0 Å². The molecule has 0 radical (unpaired) electrons. The van der Waals surface area contributed by atoms with Gasteiger partial charge in [0, 0.05) is 12.0 Å². The van der Waals surface area contributed by atoms with Gasteiger partial charge in [-0.1, -0.05) is 13.5 Å². The first kappa shape index (κ1) is 17.2. The lowest BCUT2D eigenvalue weighted by atomic mass is 9.91. The monoisotopic (exact) mass is 304 g/mol. The SMILES string of the molecule is C=C(C)C(=O)OCCCOS(=O)(=O)C1CCC(C)CC1. The minimum atomic E-state index is -3.48. The Morgan fingerprint density at radius 2 is 1.80 bits per heavy atom. The maximum absolute atomic E-state index is 12.0. The molecule has 1 aliphatic carbocycles. The van der Waals surface area contributed by atoms with Crippen molar-refractivity contribution in [2.75, 3.05) is 13.2 Å². The Bertz CT molecular complexity index is 432. The van der Waals surface area contributed by atoms with Crippen molar-refractivity contribution in [2.24, 2.45) is 5.92 Å². The molecule has 0 amide bonds. The van der Waals surface area contributed by atoms with Crippen LogP contribution >= 0.6 is 0 Å². The van der Waals surface area contributed by atoms with E-state index in [1.54, 1.807) is 6.92 Å². The van der Waals surface area contributed by atoms with Crippen LogP contribution in [0.15, 0.2) is 12.2 Å². The first-order valence-corrected chi connectivity index (χ1v) is 8.51. The number of hydrogen-bond donors (Lipinski definition) is 0. The lowest BCUT2D eigenvalue weighted by Crippen LogP contribution is -2.28. The molecule has 0 heterocycles. The van der Waals surface area contributed by atoms with Crippen molar-refractivity contribution in [3.05, 3.63) is 12.2 Å². The van der Waals surface area contributed by atoms with Gasteiger partial charge in [-0.2, -0.15) is 8.42 Å². The number of carbonyl (C=O) groups is 1. The van der Waals surface area contributed by atoms with Crippen LogP contribution in [0.1, 0.15) is 46.0 Å². The zero-order valence-electron chi connectivity index (χ0n) is 12.3. The van der Waals surface area contributed by atoms with E-state index >= 15 is 0 Å². The minimum absolute atomic E-state index is 0.0534. The summed E-state index contributed by atoms with van der Waals surface area (Å²) in [7, 11) is -3.48. The molecule has 5 nitrogen and oxygen atoms in total. The van der Waals surface area contributed by atoms with Crippen LogP contribution < -0.4 is 0 Å². The fraction of sp³-hybridized carbons (Fsp3) is 0.786. The lowest BCUT2D eigenvalue weighted by molar-refractivity contribution is -0.139. The van der Waals surface area contributed by atoms with Gasteiger partial charge in [0.25, 0.3) is 10.1 Å². The second kappa shape index (κ2) is 7.78. The second-order valence-electron chi connectivity index (χ2n) is 5.47. The average molecular weight is 304 g/mol. The highest BCUT2D eigenvalue weighted by molar-refractivity contribution is 7.87. The molecule has 0 unspecified atom stereocenters. The lowest BCUT2D eigenvalue weighted by Gasteiger charge is -2.25. The van der Waals surface area contributed by atoms with Gasteiger partial charge in [0.1, 0.15) is 0 Å². The molecule has 1 saturated carbocycles. The summed E-state index contributed by atoms with van der Waals surface area (Å²) in [4.78, 5) is 11.1. The van der Waals surface area contributed by atoms with Crippen LogP contribution in [0.4, 0.5) is 0 Å². The normalized spacial score (nSPS) is 23.3. The third kappa shape index (κ3) is 5.63.